The predicted molar refractivity (Wildman–Crippen MR) is 107 cm³/mol. The largest absolute Gasteiger partial charge is 0.338 e. The molecule has 2 aromatic rings. The lowest BCUT2D eigenvalue weighted by molar-refractivity contribution is -0.133. The molecule has 0 bridgehead atoms. The zero-order valence-corrected chi connectivity index (χ0v) is 17.0. The van der Waals surface area contributed by atoms with Crippen LogP contribution >= 0.6 is 0 Å². The SMILES string of the molecule is C[C@@H](CC(=O)N1CCc2nc(-c3ccccc3F)[nH]c(=O)c2C1)CC(C)(C)C. The highest BCUT2D eigenvalue weighted by Crippen LogP contribution is 2.27. The first-order valence-corrected chi connectivity index (χ1v) is 9.79. The summed E-state index contributed by atoms with van der Waals surface area (Å²) < 4.78 is 14.0. The number of benzene rings is 1. The summed E-state index contributed by atoms with van der Waals surface area (Å²) in [5.74, 6) is 0.167. The van der Waals surface area contributed by atoms with Gasteiger partial charge in [0.2, 0.25) is 5.91 Å². The van der Waals surface area contributed by atoms with Crippen LogP contribution in [0.2, 0.25) is 0 Å². The minimum Gasteiger partial charge on any atom is -0.338 e. The molecule has 28 heavy (non-hydrogen) atoms. The minimum absolute atomic E-state index is 0.0694. The average molecular weight is 385 g/mol. The molecule has 2 heterocycles. The number of aromatic nitrogens is 2. The van der Waals surface area contributed by atoms with Crippen LogP contribution in [0.15, 0.2) is 29.1 Å². The topological polar surface area (TPSA) is 66.1 Å². The van der Waals surface area contributed by atoms with Crippen LogP contribution in [0.3, 0.4) is 0 Å². The van der Waals surface area contributed by atoms with Gasteiger partial charge in [-0.1, -0.05) is 39.8 Å². The van der Waals surface area contributed by atoms with Gasteiger partial charge in [0.05, 0.1) is 23.4 Å². The number of hydrogen-bond acceptors (Lipinski definition) is 3. The number of rotatable bonds is 4. The molecule has 0 unspecified atom stereocenters. The highest BCUT2D eigenvalue weighted by Gasteiger charge is 2.27. The summed E-state index contributed by atoms with van der Waals surface area (Å²) in [7, 11) is 0. The summed E-state index contributed by atoms with van der Waals surface area (Å²) in [4.78, 5) is 34.2. The van der Waals surface area contributed by atoms with Crippen molar-refractivity contribution in [3.63, 3.8) is 0 Å². The number of nitrogens with one attached hydrogen (secondary N) is 1. The fraction of sp³-hybridized carbons (Fsp3) is 0.500. The van der Waals surface area contributed by atoms with Crippen LogP contribution in [0.25, 0.3) is 11.4 Å². The highest BCUT2D eigenvalue weighted by molar-refractivity contribution is 5.76. The smallest absolute Gasteiger partial charge is 0.256 e. The normalized spacial score (nSPS) is 15.2. The highest BCUT2D eigenvalue weighted by atomic mass is 19.1. The summed E-state index contributed by atoms with van der Waals surface area (Å²) >= 11 is 0. The van der Waals surface area contributed by atoms with E-state index in [1.54, 1.807) is 23.1 Å². The maximum atomic E-state index is 14.0. The first kappa shape index (κ1) is 20.2. The van der Waals surface area contributed by atoms with Crippen LogP contribution < -0.4 is 5.56 Å². The maximum absolute atomic E-state index is 14.0. The van der Waals surface area contributed by atoms with Gasteiger partial charge in [-0.05, 0) is 29.9 Å². The van der Waals surface area contributed by atoms with Crippen LogP contribution in [0.4, 0.5) is 4.39 Å². The third-order valence-corrected chi connectivity index (χ3v) is 5.03. The van der Waals surface area contributed by atoms with Crippen LogP contribution in [-0.4, -0.2) is 27.3 Å². The Morgan fingerprint density at radius 2 is 2.04 bits per heavy atom. The molecule has 5 nitrogen and oxygen atoms in total. The molecular formula is C22H28FN3O2. The molecule has 1 aliphatic rings. The van der Waals surface area contributed by atoms with E-state index in [4.69, 9.17) is 0 Å². The van der Waals surface area contributed by atoms with Crippen molar-refractivity contribution in [2.24, 2.45) is 11.3 Å². The summed E-state index contributed by atoms with van der Waals surface area (Å²) in [5, 5.41) is 0. The fourth-order valence-electron chi connectivity index (χ4n) is 3.96. The number of halogens is 1. The Balaban J connectivity index is 1.76. The third-order valence-electron chi connectivity index (χ3n) is 5.03. The van der Waals surface area contributed by atoms with E-state index >= 15 is 0 Å². The number of hydrogen-bond donors (Lipinski definition) is 1. The van der Waals surface area contributed by atoms with Gasteiger partial charge in [0.25, 0.3) is 5.56 Å². The number of carbonyl (C=O) groups excluding carboxylic acids is 1. The Hall–Kier alpha value is -2.50. The molecule has 0 spiro atoms. The first-order valence-electron chi connectivity index (χ1n) is 9.79. The summed E-state index contributed by atoms with van der Waals surface area (Å²) in [5.41, 5.74) is 1.30. The molecule has 0 fully saturated rings. The maximum Gasteiger partial charge on any atom is 0.256 e. The van der Waals surface area contributed by atoms with Crippen molar-refractivity contribution in [1.82, 2.24) is 14.9 Å². The zero-order chi connectivity index (χ0) is 20.5. The Bertz CT molecular complexity index is 930. The Labute approximate surface area is 165 Å². The molecule has 0 saturated carbocycles. The van der Waals surface area contributed by atoms with Crippen molar-refractivity contribution in [1.29, 1.82) is 0 Å². The first-order chi connectivity index (χ1) is 13.1. The van der Waals surface area contributed by atoms with Gasteiger partial charge in [0.1, 0.15) is 11.6 Å². The number of fused-ring (bicyclic) bond motifs is 1. The van der Waals surface area contributed by atoms with Gasteiger partial charge >= 0.3 is 0 Å². The lowest BCUT2D eigenvalue weighted by Crippen LogP contribution is -2.40. The van der Waals surface area contributed by atoms with Crippen molar-refractivity contribution in [2.75, 3.05) is 6.54 Å². The van der Waals surface area contributed by atoms with E-state index in [0.717, 1.165) is 6.42 Å². The predicted octanol–water partition coefficient (Wildman–Crippen LogP) is 3.92. The lowest BCUT2D eigenvalue weighted by atomic mass is 9.84. The number of nitrogens with zero attached hydrogens (tertiary/aromatic N) is 2. The summed E-state index contributed by atoms with van der Waals surface area (Å²) in [6.45, 7) is 9.39. The van der Waals surface area contributed by atoms with Gasteiger partial charge in [-0.25, -0.2) is 9.37 Å². The summed E-state index contributed by atoms with van der Waals surface area (Å²) in [6.07, 6.45) is 1.95. The molecule has 3 rings (SSSR count). The van der Waals surface area contributed by atoms with Crippen molar-refractivity contribution < 1.29 is 9.18 Å². The van der Waals surface area contributed by atoms with Gasteiger partial charge in [-0.2, -0.15) is 0 Å². The molecule has 0 saturated heterocycles. The molecule has 1 N–H and O–H groups in total. The average Bonchev–Trinajstić information content (AvgIpc) is 2.60. The van der Waals surface area contributed by atoms with Gasteiger partial charge in [-0.3, -0.25) is 9.59 Å². The molecule has 1 amide bonds. The second-order valence-corrected chi connectivity index (χ2v) is 8.96. The quantitative estimate of drug-likeness (QED) is 0.867. The molecule has 150 valence electrons. The molecule has 1 aliphatic heterocycles. The van der Waals surface area contributed by atoms with Gasteiger partial charge < -0.3 is 9.88 Å². The second-order valence-electron chi connectivity index (χ2n) is 8.96. The van der Waals surface area contributed by atoms with Gasteiger partial charge in [0.15, 0.2) is 0 Å². The number of aromatic amines is 1. The van der Waals surface area contributed by atoms with E-state index < -0.39 is 5.82 Å². The van der Waals surface area contributed by atoms with Gasteiger partial charge in [-0.15, -0.1) is 0 Å². The van der Waals surface area contributed by atoms with E-state index in [2.05, 4.69) is 37.7 Å². The van der Waals surface area contributed by atoms with Crippen molar-refractivity contribution >= 4 is 5.91 Å². The van der Waals surface area contributed by atoms with Crippen molar-refractivity contribution in [3.8, 4) is 11.4 Å². The summed E-state index contributed by atoms with van der Waals surface area (Å²) in [6, 6.07) is 6.24. The molecule has 1 aromatic heterocycles. The molecule has 0 radical (unpaired) electrons. The van der Waals surface area contributed by atoms with Crippen LogP contribution in [0.5, 0.6) is 0 Å². The molecule has 0 aliphatic carbocycles. The Morgan fingerprint density at radius 3 is 2.71 bits per heavy atom. The van der Waals surface area contributed by atoms with E-state index in [0.29, 0.717) is 30.6 Å². The van der Waals surface area contributed by atoms with E-state index in [1.165, 1.54) is 6.07 Å². The lowest BCUT2D eigenvalue weighted by Gasteiger charge is -2.30. The Morgan fingerprint density at radius 1 is 1.32 bits per heavy atom. The number of H-pyrrole nitrogens is 1. The van der Waals surface area contributed by atoms with Crippen LogP contribution in [0.1, 0.15) is 51.8 Å². The molecule has 6 heteroatoms. The zero-order valence-electron chi connectivity index (χ0n) is 17.0. The van der Waals surface area contributed by atoms with Crippen molar-refractivity contribution in [3.05, 3.63) is 51.7 Å². The standard InChI is InChI=1S/C22H28FN3O2/c1-14(12-22(2,3)4)11-19(27)26-10-9-18-16(13-26)21(28)25-20(24-18)15-7-5-6-8-17(15)23/h5-8,14H,9-13H2,1-4H3,(H,24,25,28)/t14-/m0/s1. The molecule has 1 aromatic carbocycles. The van der Waals surface area contributed by atoms with E-state index in [-0.39, 0.29) is 40.7 Å². The Kier molecular flexibility index (Phi) is 5.68. The van der Waals surface area contributed by atoms with Crippen LogP contribution in [-0.2, 0) is 17.8 Å². The number of carbonyl (C=O) groups is 1. The second kappa shape index (κ2) is 7.86. The fourth-order valence-corrected chi connectivity index (χ4v) is 3.96. The van der Waals surface area contributed by atoms with Crippen LogP contribution in [0, 0.1) is 17.2 Å². The van der Waals surface area contributed by atoms with E-state index in [9.17, 15) is 14.0 Å². The minimum atomic E-state index is -0.425. The molecule has 1 atom stereocenters. The third kappa shape index (κ3) is 4.66. The monoisotopic (exact) mass is 385 g/mol. The molecular weight excluding hydrogens is 357 g/mol. The van der Waals surface area contributed by atoms with Crippen molar-refractivity contribution in [2.45, 2.75) is 53.5 Å². The van der Waals surface area contributed by atoms with Gasteiger partial charge in [0, 0.05) is 19.4 Å². The number of amides is 1. The van der Waals surface area contributed by atoms with E-state index in [1.807, 2.05) is 0 Å².